The number of piperidine rings is 1. The van der Waals surface area contributed by atoms with E-state index in [1.807, 2.05) is 0 Å². The van der Waals surface area contributed by atoms with Gasteiger partial charge in [0.25, 0.3) is 0 Å². The third-order valence-electron chi connectivity index (χ3n) is 4.22. The van der Waals surface area contributed by atoms with E-state index < -0.39 is 0 Å². The molecule has 1 unspecified atom stereocenters. The number of likely N-dealkylation sites (tertiary alicyclic amines) is 1. The molecule has 2 rings (SSSR count). The molecule has 0 amide bonds. The van der Waals surface area contributed by atoms with Gasteiger partial charge in [0.05, 0.1) is 6.10 Å². The number of nitrogens with zero attached hydrogens (tertiary/aromatic N) is 1. The molecule has 0 radical (unpaired) electrons. The van der Waals surface area contributed by atoms with E-state index in [2.05, 4.69) is 11.9 Å². The minimum atomic E-state index is 0.349. The molecule has 1 heterocycles. The first-order chi connectivity index (χ1) is 8.25. The Labute approximate surface area is 105 Å². The number of carbonyl (C=O) groups excluding carboxylic acids is 1. The SMILES string of the molecule is CN1CCCCC1CCOC1CCC(=O)CC1. The summed E-state index contributed by atoms with van der Waals surface area (Å²) >= 11 is 0. The Balaban J connectivity index is 1.60. The van der Waals surface area contributed by atoms with Crippen LogP contribution in [-0.2, 0) is 9.53 Å². The van der Waals surface area contributed by atoms with Gasteiger partial charge in [-0.1, -0.05) is 6.42 Å². The van der Waals surface area contributed by atoms with E-state index in [4.69, 9.17) is 4.74 Å². The maximum absolute atomic E-state index is 11.1. The van der Waals surface area contributed by atoms with Crippen LogP contribution < -0.4 is 0 Å². The maximum atomic E-state index is 11.1. The van der Waals surface area contributed by atoms with E-state index in [-0.39, 0.29) is 0 Å². The zero-order valence-electron chi connectivity index (χ0n) is 11.0. The maximum Gasteiger partial charge on any atom is 0.133 e. The van der Waals surface area contributed by atoms with Crippen LogP contribution in [0.25, 0.3) is 0 Å². The summed E-state index contributed by atoms with van der Waals surface area (Å²) in [6, 6.07) is 0.717. The molecule has 2 aliphatic rings. The third kappa shape index (κ3) is 4.07. The highest BCUT2D eigenvalue weighted by Crippen LogP contribution is 2.21. The number of ketones is 1. The molecule has 0 N–H and O–H groups in total. The average molecular weight is 239 g/mol. The second-order valence-corrected chi connectivity index (χ2v) is 5.53. The van der Waals surface area contributed by atoms with Gasteiger partial charge in [0.1, 0.15) is 5.78 Å². The molecule has 17 heavy (non-hydrogen) atoms. The smallest absolute Gasteiger partial charge is 0.133 e. The van der Waals surface area contributed by atoms with Crippen molar-refractivity contribution in [2.75, 3.05) is 20.2 Å². The normalized spacial score (nSPS) is 28.5. The fraction of sp³-hybridized carbons (Fsp3) is 0.929. The Bertz CT molecular complexity index is 245. The zero-order valence-corrected chi connectivity index (χ0v) is 11.0. The number of carbonyl (C=O) groups is 1. The number of ether oxygens (including phenoxy) is 1. The molecule has 0 bridgehead atoms. The molecule has 3 heteroatoms. The van der Waals surface area contributed by atoms with Crippen molar-refractivity contribution in [3.63, 3.8) is 0 Å². The highest BCUT2D eigenvalue weighted by Gasteiger charge is 2.21. The van der Waals surface area contributed by atoms with Crippen LogP contribution in [0.1, 0.15) is 51.4 Å². The van der Waals surface area contributed by atoms with E-state index in [1.165, 1.54) is 25.8 Å². The van der Waals surface area contributed by atoms with E-state index >= 15 is 0 Å². The Morgan fingerprint density at radius 1 is 1.24 bits per heavy atom. The minimum Gasteiger partial charge on any atom is -0.378 e. The number of hydrogen-bond donors (Lipinski definition) is 0. The lowest BCUT2D eigenvalue weighted by Gasteiger charge is -2.33. The van der Waals surface area contributed by atoms with Crippen molar-refractivity contribution >= 4 is 5.78 Å². The second kappa shape index (κ2) is 6.50. The summed E-state index contributed by atoms with van der Waals surface area (Å²) in [6.45, 7) is 2.11. The molecular weight excluding hydrogens is 214 g/mol. The van der Waals surface area contributed by atoms with Crippen LogP contribution in [0.15, 0.2) is 0 Å². The summed E-state index contributed by atoms with van der Waals surface area (Å²) in [4.78, 5) is 13.6. The summed E-state index contributed by atoms with van der Waals surface area (Å²) in [5.74, 6) is 0.414. The highest BCUT2D eigenvalue weighted by molar-refractivity contribution is 5.79. The predicted octanol–water partition coefficient (Wildman–Crippen LogP) is 2.39. The predicted molar refractivity (Wildman–Crippen MR) is 68.1 cm³/mol. The number of rotatable bonds is 4. The lowest BCUT2D eigenvalue weighted by atomic mass is 9.96. The molecule has 1 aliphatic heterocycles. The average Bonchev–Trinajstić information content (AvgIpc) is 2.34. The van der Waals surface area contributed by atoms with Gasteiger partial charge in [-0.15, -0.1) is 0 Å². The molecule has 98 valence electrons. The highest BCUT2D eigenvalue weighted by atomic mass is 16.5. The van der Waals surface area contributed by atoms with Crippen LogP contribution in [0.4, 0.5) is 0 Å². The first-order valence-corrected chi connectivity index (χ1v) is 7.09. The van der Waals surface area contributed by atoms with Crippen LogP contribution in [0.2, 0.25) is 0 Å². The van der Waals surface area contributed by atoms with Crippen molar-refractivity contribution in [3.8, 4) is 0 Å². The Kier molecular flexibility index (Phi) is 4.99. The van der Waals surface area contributed by atoms with Crippen molar-refractivity contribution in [1.29, 1.82) is 0 Å². The molecule has 1 saturated carbocycles. The molecular formula is C14H25NO2. The fourth-order valence-electron chi connectivity index (χ4n) is 2.96. The van der Waals surface area contributed by atoms with Crippen molar-refractivity contribution < 1.29 is 9.53 Å². The van der Waals surface area contributed by atoms with Gasteiger partial charge in [0, 0.05) is 25.5 Å². The van der Waals surface area contributed by atoms with Crippen LogP contribution in [-0.4, -0.2) is 43.0 Å². The first-order valence-electron chi connectivity index (χ1n) is 7.09. The summed E-state index contributed by atoms with van der Waals surface area (Å²) < 4.78 is 5.90. The third-order valence-corrected chi connectivity index (χ3v) is 4.22. The second-order valence-electron chi connectivity index (χ2n) is 5.53. The van der Waals surface area contributed by atoms with Crippen LogP contribution in [0, 0.1) is 0 Å². The largest absolute Gasteiger partial charge is 0.378 e. The van der Waals surface area contributed by atoms with Crippen molar-refractivity contribution in [1.82, 2.24) is 4.90 Å². The molecule has 1 aliphatic carbocycles. The molecule has 0 spiro atoms. The topological polar surface area (TPSA) is 29.5 Å². The van der Waals surface area contributed by atoms with Gasteiger partial charge < -0.3 is 9.64 Å². The van der Waals surface area contributed by atoms with Crippen molar-refractivity contribution in [3.05, 3.63) is 0 Å². The van der Waals surface area contributed by atoms with Gasteiger partial charge in [-0.3, -0.25) is 4.79 Å². The van der Waals surface area contributed by atoms with Crippen LogP contribution >= 0.6 is 0 Å². The van der Waals surface area contributed by atoms with Gasteiger partial charge in [-0.25, -0.2) is 0 Å². The zero-order chi connectivity index (χ0) is 12.1. The molecule has 0 aromatic carbocycles. The lowest BCUT2D eigenvalue weighted by molar-refractivity contribution is -0.123. The minimum absolute atomic E-state index is 0.349. The number of Topliss-reactive ketones (excluding diaryl/α,β-unsaturated/α-hetero) is 1. The van der Waals surface area contributed by atoms with Crippen molar-refractivity contribution in [2.45, 2.75) is 63.5 Å². The fourth-order valence-corrected chi connectivity index (χ4v) is 2.96. The van der Waals surface area contributed by atoms with Crippen LogP contribution in [0.5, 0.6) is 0 Å². The van der Waals surface area contributed by atoms with E-state index in [9.17, 15) is 4.79 Å². The molecule has 1 saturated heterocycles. The molecule has 0 aromatic rings. The molecule has 3 nitrogen and oxygen atoms in total. The first kappa shape index (κ1) is 13.0. The summed E-state index contributed by atoms with van der Waals surface area (Å²) in [7, 11) is 2.23. The van der Waals surface area contributed by atoms with E-state index in [0.717, 1.165) is 38.7 Å². The summed E-state index contributed by atoms with van der Waals surface area (Å²) in [5.41, 5.74) is 0. The van der Waals surface area contributed by atoms with E-state index in [1.54, 1.807) is 0 Å². The Morgan fingerprint density at radius 3 is 2.71 bits per heavy atom. The van der Waals surface area contributed by atoms with Crippen molar-refractivity contribution in [2.24, 2.45) is 0 Å². The monoisotopic (exact) mass is 239 g/mol. The standard InChI is InChI=1S/C14H25NO2/c1-15-10-3-2-4-12(15)9-11-17-14-7-5-13(16)6-8-14/h12,14H,2-11H2,1H3. The van der Waals surface area contributed by atoms with Gasteiger partial charge >= 0.3 is 0 Å². The molecule has 2 fully saturated rings. The quantitative estimate of drug-likeness (QED) is 0.754. The molecule has 0 aromatic heterocycles. The van der Waals surface area contributed by atoms with E-state index in [0.29, 0.717) is 17.9 Å². The lowest BCUT2D eigenvalue weighted by Crippen LogP contribution is -2.37. The van der Waals surface area contributed by atoms with Gasteiger partial charge in [0.2, 0.25) is 0 Å². The number of hydrogen-bond acceptors (Lipinski definition) is 3. The molecule has 1 atom stereocenters. The Morgan fingerprint density at radius 2 is 2.00 bits per heavy atom. The Hall–Kier alpha value is -0.410. The van der Waals surface area contributed by atoms with Crippen LogP contribution in [0.3, 0.4) is 0 Å². The summed E-state index contributed by atoms with van der Waals surface area (Å²) in [6.07, 6.45) is 8.89. The summed E-state index contributed by atoms with van der Waals surface area (Å²) in [5, 5.41) is 0. The van der Waals surface area contributed by atoms with Gasteiger partial charge in [-0.2, -0.15) is 0 Å². The van der Waals surface area contributed by atoms with Gasteiger partial charge in [-0.05, 0) is 45.7 Å². The van der Waals surface area contributed by atoms with Gasteiger partial charge in [0.15, 0.2) is 0 Å².